The van der Waals surface area contributed by atoms with Gasteiger partial charge in [-0.3, -0.25) is 0 Å². The number of benzene rings is 1. The van der Waals surface area contributed by atoms with Crippen LogP contribution in [0.2, 0.25) is 5.02 Å². The van der Waals surface area contributed by atoms with Crippen LogP contribution >= 0.6 is 11.6 Å². The van der Waals surface area contributed by atoms with E-state index in [2.05, 4.69) is 17.0 Å². The Bertz CT molecular complexity index is 452. The summed E-state index contributed by atoms with van der Waals surface area (Å²) in [4.78, 5) is 2.52. The van der Waals surface area contributed by atoms with E-state index in [9.17, 15) is 0 Å². The Morgan fingerprint density at radius 1 is 1.37 bits per heavy atom. The van der Waals surface area contributed by atoms with Gasteiger partial charge in [-0.15, -0.1) is 0 Å². The highest BCUT2D eigenvalue weighted by Gasteiger charge is 2.36. The molecule has 1 saturated carbocycles. The monoisotopic (exact) mass is 280 g/mol. The molecular formula is C15H21ClN2O. The van der Waals surface area contributed by atoms with Gasteiger partial charge in [-0.1, -0.05) is 11.6 Å². The lowest BCUT2D eigenvalue weighted by molar-refractivity contribution is 0.0256. The second-order valence-corrected chi connectivity index (χ2v) is 5.85. The van der Waals surface area contributed by atoms with Gasteiger partial charge in [0.25, 0.3) is 0 Å². The lowest BCUT2D eigenvalue weighted by Crippen LogP contribution is -2.49. The van der Waals surface area contributed by atoms with Crippen LogP contribution in [0.25, 0.3) is 0 Å². The normalized spacial score (nSPS) is 26.5. The van der Waals surface area contributed by atoms with Gasteiger partial charge in [-0.25, -0.2) is 0 Å². The fraction of sp³-hybridized carbons (Fsp3) is 0.600. The maximum atomic E-state index is 6.12. The summed E-state index contributed by atoms with van der Waals surface area (Å²) in [5.41, 5.74) is 8.30. The fourth-order valence-electron chi connectivity index (χ4n) is 3.41. The summed E-state index contributed by atoms with van der Waals surface area (Å²) in [5, 5.41) is 0.795. The van der Waals surface area contributed by atoms with Crippen LogP contribution in [-0.4, -0.2) is 31.8 Å². The summed E-state index contributed by atoms with van der Waals surface area (Å²) in [6.45, 7) is 2.46. The topological polar surface area (TPSA) is 38.5 Å². The minimum absolute atomic E-state index is 0.412. The van der Waals surface area contributed by atoms with Gasteiger partial charge in [-0.2, -0.15) is 0 Å². The third kappa shape index (κ3) is 2.60. The number of ether oxygens (including phenoxy) is 1. The summed E-state index contributed by atoms with van der Waals surface area (Å²) in [6, 6.07) is 6.72. The third-order valence-corrected chi connectivity index (χ3v) is 4.48. The summed E-state index contributed by atoms with van der Waals surface area (Å²) < 4.78 is 5.88. The molecule has 0 bridgehead atoms. The van der Waals surface area contributed by atoms with E-state index < -0.39 is 0 Å². The molecule has 2 aliphatic rings. The van der Waals surface area contributed by atoms with Crippen LogP contribution in [0.1, 0.15) is 24.8 Å². The number of nitrogens with zero attached hydrogens (tertiary/aromatic N) is 1. The van der Waals surface area contributed by atoms with Gasteiger partial charge in [0, 0.05) is 17.3 Å². The number of fused-ring (bicyclic) bond motifs is 1. The Kier molecular flexibility index (Phi) is 3.96. The first kappa shape index (κ1) is 13.2. The molecule has 0 spiro atoms. The predicted molar refractivity (Wildman–Crippen MR) is 78.9 cm³/mol. The van der Waals surface area contributed by atoms with Crippen molar-refractivity contribution in [2.75, 3.05) is 24.6 Å². The molecule has 2 fully saturated rings. The zero-order valence-corrected chi connectivity index (χ0v) is 11.9. The van der Waals surface area contributed by atoms with Crippen molar-refractivity contribution < 1.29 is 4.74 Å². The van der Waals surface area contributed by atoms with E-state index in [4.69, 9.17) is 22.1 Å². The van der Waals surface area contributed by atoms with Crippen LogP contribution in [-0.2, 0) is 11.2 Å². The molecule has 104 valence electrons. The smallest absolute Gasteiger partial charge is 0.0779 e. The van der Waals surface area contributed by atoms with E-state index in [1.165, 1.54) is 30.5 Å². The molecule has 3 nitrogen and oxygen atoms in total. The average Bonchev–Trinajstić information content (AvgIpc) is 2.88. The van der Waals surface area contributed by atoms with E-state index in [-0.39, 0.29) is 0 Å². The summed E-state index contributed by atoms with van der Waals surface area (Å²) in [5.74, 6) is 0. The highest BCUT2D eigenvalue weighted by molar-refractivity contribution is 6.30. The van der Waals surface area contributed by atoms with Gasteiger partial charge in [-0.05, 0) is 56.0 Å². The van der Waals surface area contributed by atoms with Crippen molar-refractivity contribution in [3.05, 3.63) is 28.8 Å². The molecule has 4 heteroatoms. The second-order valence-electron chi connectivity index (χ2n) is 5.41. The molecule has 1 aliphatic carbocycles. The van der Waals surface area contributed by atoms with Gasteiger partial charge < -0.3 is 15.4 Å². The van der Waals surface area contributed by atoms with E-state index in [1.54, 1.807) is 0 Å². The first-order valence-corrected chi connectivity index (χ1v) is 7.54. The minimum Gasteiger partial charge on any atom is -0.374 e. The Labute approximate surface area is 119 Å². The van der Waals surface area contributed by atoms with E-state index >= 15 is 0 Å². The van der Waals surface area contributed by atoms with Gasteiger partial charge in [0.1, 0.15) is 0 Å². The number of hydrogen-bond acceptors (Lipinski definition) is 3. The molecule has 1 aromatic carbocycles. The van der Waals surface area contributed by atoms with E-state index in [0.717, 1.165) is 24.6 Å². The van der Waals surface area contributed by atoms with Crippen LogP contribution in [0.5, 0.6) is 0 Å². The maximum absolute atomic E-state index is 6.12. The van der Waals surface area contributed by atoms with Crippen LogP contribution in [0.3, 0.4) is 0 Å². The Morgan fingerprint density at radius 2 is 2.26 bits per heavy atom. The summed E-state index contributed by atoms with van der Waals surface area (Å²) in [6.07, 6.45) is 4.99. The lowest BCUT2D eigenvalue weighted by Gasteiger charge is -2.40. The largest absolute Gasteiger partial charge is 0.374 e. The number of morpholine rings is 1. The summed E-state index contributed by atoms with van der Waals surface area (Å²) in [7, 11) is 0. The number of halogens is 1. The van der Waals surface area contributed by atoms with Crippen LogP contribution in [0.15, 0.2) is 18.2 Å². The molecule has 0 radical (unpaired) electrons. The van der Waals surface area contributed by atoms with Gasteiger partial charge >= 0.3 is 0 Å². The molecule has 1 aromatic rings. The zero-order valence-electron chi connectivity index (χ0n) is 11.1. The van der Waals surface area contributed by atoms with Crippen molar-refractivity contribution in [2.24, 2.45) is 5.73 Å². The molecule has 0 aromatic heterocycles. The Hall–Kier alpha value is -0.770. The molecule has 1 heterocycles. The standard InChI is InChI=1S/C15H21ClN2O/c16-12-4-5-13(11(10-12)6-7-17)18-8-9-19-15-3-1-2-14(15)18/h4-5,10,14-15H,1-3,6-9,17H2. The highest BCUT2D eigenvalue weighted by Crippen LogP contribution is 2.35. The minimum atomic E-state index is 0.412. The van der Waals surface area contributed by atoms with Gasteiger partial charge in [0.2, 0.25) is 0 Å². The molecule has 2 N–H and O–H groups in total. The first-order chi connectivity index (χ1) is 9.29. The van der Waals surface area contributed by atoms with Crippen molar-refractivity contribution in [3.8, 4) is 0 Å². The Morgan fingerprint density at radius 3 is 3.11 bits per heavy atom. The summed E-state index contributed by atoms with van der Waals surface area (Å²) >= 11 is 6.12. The van der Waals surface area contributed by atoms with Crippen molar-refractivity contribution in [3.63, 3.8) is 0 Å². The van der Waals surface area contributed by atoms with Gasteiger partial charge in [0.05, 0.1) is 18.8 Å². The molecule has 2 atom stereocenters. The van der Waals surface area contributed by atoms with E-state index in [0.29, 0.717) is 18.7 Å². The first-order valence-electron chi connectivity index (χ1n) is 7.16. The zero-order chi connectivity index (χ0) is 13.2. The third-order valence-electron chi connectivity index (χ3n) is 4.25. The number of nitrogens with two attached hydrogens (primary N) is 1. The van der Waals surface area contributed by atoms with Crippen molar-refractivity contribution in [2.45, 2.75) is 37.8 Å². The molecule has 1 saturated heterocycles. The molecular weight excluding hydrogens is 260 g/mol. The Balaban J connectivity index is 1.91. The van der Waals surface area contributed by atoms with Crippen LogP contribution in [0.4, 0.5) is 5.69 Å². The predicted octanol–water partition coefficient (Wildman–Crippen LogP) is 2.60. The van der Waals surface area contributed by atoms with Crippen molar-refractivity contribution >= 4 is 17.3 Å². The SMILES string of the molecule is NCCc1cc(Cl)ccc1N1CCOC2CCCC21. The molecule has 0 amide bonds. The fourth-order valence-corrected chi connectivity index (χ4v) is 3.61. The molecule has 19 heavy (non-hydrogen) atoms. The molecule has 1 aliphatic heterocycles. The van der Waals surface area contributed by atoms with Crippen molar-refractivity contribution in [1.29, 1.82) is 0 Å². The van der Waals surface area contributed by atoms with Crippen LogP contribution < -0.4 is 10.6 Å². The van der Waals surface area contributed by atoms with Gasteiger partial charge in [0.15, 0.2) is 0 Å². The average molecular weight is 281 g/mol. The quantitative estimate of drug-likeness (QED) is 0.925. The number of rotatable bonds is 3. The molecule has 3 rings (SSSR count). The van der Waals surface area contributed by atoms with E-state index in [1.807, 2.05) is 6.07 Å². The highest BCUT2D eigenvalue weighted by atomic mass is 35.5. The number of anilines is 1. The van der Waals surface area contributed by atoms with Crippen molar-refractivity contribution in [1.82, 2.24) is 0 Å². The van der Waals surface area contributed by atoms with Crippen LogP contribution in [0, 0.1) is 0 Å². The number of hydrogen-bond donors (Lipinski definition) is 1. The maximum Gasteiger partial charge on any atom is 0.0779 e. The second kappa shape index (κ2) is 5.70. The lowest BCUT2D eigenvalue weighted by atomic mass is 10.0. The molecule has 2 unspecified atom stereocenters.